The number of urea groups is 1. The lowest BCUT2D eigenvalue weighted by Crippen LogP contribution is -2.53. The normalized spacial score (nSPS) is 19.6. The third kappa shape index (κ3) is 7.03. The van der Waals surface area contributed by atoms with Crippen LogP contribution in [0.25, 0.3) is 0 Å². The van der Waals surface area contributed by atoms with Crippen LogP contribution >= 0.6 is 23.2 Å². The number of nitrogens with zero attached hydrogens (tertiary/aromatic N) is 4. The number of hydrogen-bond acceptors (Lipinski definition) is 4. The Morgan fingerprint density at radius 1 is 0.907 bits per heavy atom. The summed E-state index contributed by atoms with van der Waals surface area (Å²) in [6, 6.07) is 21.0. The fraction of sp³-hybridized carbons (Fsp3) is 0.429. The van der Waals surface area contributed by atoms with Crippen molar-refractivity contribution in [1.29, 1.82) is 0 Å². The summed E-state index contributed by atoms with van der Waals surface area (Å²) in [7, 11) is 2.09. The summed E-state index contributed by atoms with van der Waals surface area (Å²) in [5.74, 6) is 1.69. The Hall–Kier alpha value is -3.06. The molecule has 1 fully saturated rings. The summed E-state index contributed by atoms with van der Waals surface area (Å²) in [4.78, 5) is 26.1. The van der Waals surface area contributed by atoms with Crippen molar-refractivity contribution in [1.82, 2.24) is 14.7 Å². The van der Waals surface area contributed by atoms with Crippen LogP contribution in [0.1, 0.15) is 69.0 Å². The van der Waals surface area contributed by atoms with Crippen LogP contribution in [0.15, 0.2) is 71.7 Å². The number of aliphatic imine (C=N–C) groups is 1. The van der Waals surface area contributed by atoms with E-state index in [4.69, 9.17) is 32.9 Å². The van der Waals surface area contributed by atoms with Crippen molar-refractivity contribution in [3.8, 4) is 5.75 Å². The molecule has 0 radical (unpaired) electrons. The van der Waals surface area contributed by atoms with E-state index in [2.05, 4.69) is 64.8 Å². The van der Waals surface area contributed by atoms with Gasteiger partial charge in [0, 0.05) is 36.2 Å². The lowest BCUT2D eigenvalue weighted by molar-refractivity contribution is 0.130. The molecule has 1 saturated heterocycles. The summed E-state index contributed by atoms with van der Waals surface area (Å²) >= 11 is 12.6. The third-order valence-corrected chi connectivity index (χ3v) is 8.63. The van der Waals surface area contributed by atoms with Crippen molar-refractivity contribution in [3.05, 3.63) is 99.0 Å². The predicted molar refractivity (Wildman–Crippen MR) is 177 cm³/mol. The highest BCUT2D eigenvalue weighted by molar-refractivity contribution is 6.30. The van der Waals surface area contributed by atoms with Crippen LogP contribution < -0.4 is 4.74 Å². The highest BCUT2D eigenvalue weighted by Gasteiger charge is 2.45. The number of benzene rings is 3. The highest BCUT2D eigenvalue weighted by Crippen LogP contribution is 2.46. The first-order valence-electron chi connectivity index (χ1n) is 15.1. The molecule has 0 saturated carbocycles. The van der Waals surface area contributed by atoms with E-state index in [0.717, 1.165) is 41.1 Å². The second-order valence-electron chi connectivity index (χ2n) is 13.1. The maximum absolute atomic E-state index is 14.6. The Balaban J connectivity index is 1.70. The van der Waals surface area contributed by atoms with Gasteiger partial charge in [-0.05, 0) is 71.5 Å². The lowest BCUT2D eigenvalue weighted by Gasteiger charge is -2.38. The molecule has 0 N–H and O–H groups in total. The van der Waals surface area contributed by atoms with Crippen molar-refractivity contribution in [2.75, 3.05) is 39.8 Å². The summed E-state index contributed by atoms with van der Waals surface area (Å²) < 4.78 is 6.47. The van der Waals surface area contributed by atoms with Crippen molar-refractivity contribution < 1.29 is 9.53 Å². The van der Waals surface area contributed by atoms with Crippen molar-refractivity contribution >= 4 is 35.1 Å². The van der Waals surface area contributed by atoms with Gasteiger partial charge in [-0.25, -0.2) is 4.79 Å². The molecule has 8 heteroatoms. The minimum atomic E-state index is -0.388. The fourth-order valence-electron chi connectivity index (χ4n) is 5.55. The molecule has 0 spiro atoms. The molecule has 3 aromatic rings. The molecule has 2 aliphatic rings. The van der Waals surface area contributed by atoms with Gasteiger partial charge in [-0.3, -0.25) is 9.89 Å². The minimum absolute atomic E-state index is 0.0574. The van der Waals surface area contributed by atoms with Gasteiger partial charge in [0.2, 0.25) is 0 Å². The van der Waals surface area contributed by atoms with Crippen LogP contribution in [0.2, 0.25) is 10.0 Å². The minimum Gasteiger partial charge on any atom is -0.493 e. The van der Waals surface area contributed by atoms with Gasteiger partial charge >= 0.3 is 6.03 Å². The van der Waals surface area contributed by atoms with Crippen molar-refractivity contribution in [2.24, 2.45) is 10.9 Å². The van der Waals surface area contributed by atoms with E-state index in [9.17, 15) is 4.79 Å². The number of amides is 2. The van der Waals surface area contributed by atoms with E-state index in [-0.39, 0.29) is 23.5 Å². The van der Waals surface area contributed by atoms with E-state index in [1.807, 2.05) is 58.3 Å². The number of hydrogen-bond donors (Lipinski definition) is 0. The van der Waals surface area contributed by atoms with E-state index < -0.39 is 0 Å². The van der Waals surface area contributed by atoms with Gasteiger partial charge in [-0.2, -0.15) is 0 Å². The van der Waals surface area contributed by atoms with Gasteiger partial charge in [0.05, 0.1) is 18.2 Å². The molecule has 5 rings (SSSR count). The summed E-state index contributed by atoms with van der Waals surface area (Å²) in [6.07, 6.45) is 0. The Kier molecular flexibility index (Phi) is 9.40. The number of carbonyl (C=O) groups is 1. The zero-order chi connectivity index (χ0) is 30.9. The second kappa shape index (κ2) is 12.9. The SMILES string of the molecule is CC(C)COc1cc(C(C)(C)C)ccc1C1=NC(c2ccc(Cl)cc2)C(c2ccc(Cl)cc2)N1C(=O)N1CCN(C)CC1. The van der Waals surface area contributed by atoms with E-state index in [1.165, 1.54) is 0 Å². The molecule has 2 unspecified atom stereocenters. The van der Waals surface area contributed by atoms with E-state index >= 15 is 0 Å². The molecule has 2 heterocycles. The Morgan fingerprint density at radius 3 is 2.05 bits per heavy atom. The van der Waals surface area contributed by atoms with Crippen LogP contribution in [0.3, 0.4) is 0 Å². The zero-order valence-corrected chi connectivity index (χ0v) is 27.5. The molecule has 228 valence electrons. The zero-order valence-electron chi connectivity index (χ0n) is 26.0. The van der Waals surface area contributed by atoms with Gasteiger partial charge in [-0.1, -0.05) is 88.2 Å². The van der Waals surface area contributed by atoms with Gasteiger partial charge in [0.1, 0.15) is 17.6 Å². The topological polar surface area (TPSA) is 48.4 Å². The van der Waals surface area contributed by atoms with Gasteiger partial charge < -0.3 is 14.5 Å². The molecule has 43 heavy (non-hydrogen) atoms. The maximum Gasteiger partial charge on any atom is 0.326 e. The smallest absolute Gasteiger partial charge is 0.326 e. The van der Waals surface area contributed by atoms with E-state index in [0.29, 0.717) is 41.5 Å². The summed E-state index contributed by atoms with van der Waals surface area (Å²) in [5.41, 5.74) is 3.84. The first-order valence-corrected chi connectivity index (χ1v) is 15.8. The van der Waals surface area contributed by atoms with Crippen LogP contribution in [0.4, 0.5) is 4.79 Å². The maximum atomic E-state index is 14.6. The number of carbonyl (C=O) groups excluding carboxylic acids is 1. The number of piperazine rings is 1. The predicted octanol–water partition coefficient (Wildman–Crippen LogP) is 8.24. The van der Waals surface area contributed by atoms with Gasteiger partial charge in [-0.15, -0.1) is 0 Å². The fourth-order valence-corrected chi connectivity index (χ4v) is 5.81. The van der Waals surface area contributed by atoms with Crippen molar-refractivity contribution in [3.63, 3.8) is 0 Å². The third-order valence-electron chi connectivity index (χ3n) is 8.13. The molecule has 0 bridgehead atoms. The number of halogens is 2. The van der Waals surface area contributed by atoms with Crippen LogP contribution in [-0.4, -0.2) is 66.4 Å². The van der Waals surface area contributed by atoms with Crippen LogP contribution in [-0.2, 0) is 5.41 Å². The average Bonchev–Trinajstić information content (AvgIpc) is 3.36. The van der Waals surface area contributed by atoms with Gasteiger partial charge in [0.25, 0.3) is 0 Å². The van der Waals surface area contributed by atoms with E-state index in [1.54, 1.807) is 0 Å². The van der Waals surface area contributed by atoms with Crippen molar-refractivity contribution in [2.45, 2.75) is 52.1 Å². The molecule has 2 atom stereocenters. The standard InChI is InChI=1S/C35H42Cl2N4O2/c1-23(2)22-43-30-21-26(35(3,4)5)11-16-29(30)33-38-31(24-7-12-27(36)13-8-24)32(25-9-14-28(37)15-10-25)41(33)34(42)40-19-17-39(6)18-20-40/h7-16,21,23,31-32H,17-20,22H2,1-6H3. The second-order valence-corrected chi connectivity index (χ2v) is 13.9. The summed E-state index contributed by atoms with van der Waals surface area (Å²) in [6.45, 7) is 14.3. The Bertz CT molecular complexity index is 1460. The Morgan fingerprint density at radius 2 is 1.49 bits per heavy atom. The molecular formula is C35H42Cl2N4O2. The molecular weight excluding hydrogens is 579 g/mol. The average molecular weight is 622 g/mol. The number of amidine groups is 1. The number of rotatable bonds is 6. The molecule has 0 aromatic heterocycles. The molecule has 3 aromatic carbocycles. The quantitative estimate of drug-likeness (QED) is 0.279. The molecule has 0 aliphatic carbocycles. The molecule has 2 amide bonds. The first-order chi connectivity index (χ1) is 20.4. The number of likely N-dealkylation sites (N-methyl/N-ethyl adjacent to an activating group) is 1. The lowest BCUT2D eigenvalue weighted by atomic mass is 9.86. The summed E-state index contributed by atoms with van der Waals surface area (Å²) in [5, 5.41) is 1.30. The highest BCUT2D eigenvalue weighted by atomic mass is 35.5. The molecule has 6 nitrogen and oxygen atoms in total. The Labute approximate surface area is 266 Å². The van der Waals surface area contributed by atoms with Crippen LogP contribution in [0, 0.1) is 5.92 Å². The first kappa shape index (κ1) is 31.4. The molecule has 2 aliphatic heterocycles. The monoisotopic (exact) mass is 620 g/mol. The largest absolute Gasteiger partial charge is 0.493 e. The van der Waals surface area contributed by atoms with Crippen LogP contribution in [0.5, 0.6) is 5.75 Å². The van der Waals surface area contributed by atoms with Gasteiger partial charge in [0.15, 0.2) is 0 Å². The number of ether oxygens (including phenoxy) is 1.